The molecule has 0 saturated heterocycles. The summed E-state index contributed by atoms with van der Waals surface area (Å²) in [6.07, 6.45) is 10.9. The van der Waals surface area contributed by atoms with Crippen LogP contribution in [0.1, 0.15) is 57.6 Å². The van der Waals surface area contributed by atoms with E-state index in [0.717, 1.165) is 5.92 Å². The van der Waals surface area contributed by atoms with E-state index < -0.39 is 0 Å². The molecule has 1 aromatic rings. The van der Waals surface area contributed by atoms with Crippen LogP contribution in [0.25, 0.3) is 0 Å². The van der Waals surface area contributed by atoms with E-state index in [4.69, 9.17) is 0 Å². The monoisotopic (exact) mass is 232 g/mol. The second-order valence-electron chi connectivity index (χ2n) is 5.36. The van der Waals surface area contributed by atoms with Crippen LogP contribution >= 0.6 is 0 Å². The normalized spacial score (nSPS) is 21.1. The Morgan fingerprint density at radius 3 is 2.65 bits per heavy atom. The standard InChI is InChI=1S/C15H24N2/c1-12(14-7-4-3-5-8-14)17-13(2)15-9-6-10-16-11-15/h6,9-14,17H,3-5,7-8H2,1-2H3/t12-,13?/m0/s1. The van der Waals surface area contributed by atoms with Crippen molar-refractivity contribution in [2.45, 2.75) is 58.0 Å². The Morgan fingerprint density at radius 2 is 2.00 bits per heavy atom. The fourth-order valence-corrected chi connectivity index (χ4v) is 2.89. The van der Waals surface area contributed by atoms with Crippen LogP contribution in [0.15, 0.2) is 24.5 Å². The largest absolute Gasteiger partial charge is 0.307 e. The zero-order valence-corrected chi connectivity index (χ0v) is 11.0. The Balaban J connectivity index is 1.87. The molecule has 1 N–H and O–H groups in total. The Kier molecular flexibility index (Phi) is 4.55. The maximum Gasteiger partial charge on any atom is 0.0315 e. The first kappa shape index (κ1) is 12.6. The van der Waals surface area contributed by atoms with Crippen LogP contribution < -0.4 is 5.32 Å². The summed E-state index contributed by atoms with van der Waals surface area (Å²) in [6, 6.07) is 5.18. The highest BCUT2D eigenvalue weighted by Gasteiger charge is 2.21. The fourth-order valence-electron chi connectivity index (χ4n) is 2.89. The summed E-state index contributed by atoms with van der Waals surface area (Å²) in [7, 11) is 0. The average Bonchev–Trinajstić information content (AvgIpc) is 2.40. The minimum absolute atomic E-state index is 0.403. The Bertz CT molecular complexity index is 317. The van der Waals surface area contributed by atoms with Crippen molar-refractivity contribution in [3.8, 4) is 0 Å². The van der Waals surface area contributed by atoms with Gasteiger partial charge < -0.3 is 5.32 Å². The summed E-state index contributed by atoms with van der Waals surface area (Å²) in [5, 5.41) is 3.73. The molecule has 0 aliphatic heterocycles. The first-order chi connectivity index (χ1) is 8.27. The molecule has 1 saturated carbocycles. The smallest absolute Gasteiger partial charge is 0.0315 e. The van der Waals surface area contributed by atoms with Gasteiger partial charge in [-0.15, -0.1) is 0 Å². The molecule has 2 atom stereocenters. The quantitative estimate of drug-likeness (QED) is 0.856. The van der Waals surface area contributed by atoms with Gasteiger partial charge in [0.2, 0.25) is 0 Å². The Morgan fingerprint density at radius 1 is 1.24 bits per heavy atom. The molecule has 1 aliphatic rings. The van der Waals surface area contributed by atoms with Gasteiger partial charge in [-0.1, -0.05) is 25.3 Å². The van der Waals surface area contributed by atoms with E-state index in [1.807, 2.05) is 18.5 Å². The number of hydrogen-bond acceptors (Lipinski definition) is 2. The SMILES string of the molecule is CC(N[C@@H](C)C1CCCCC1)c1cccnc1. The summed E-state index contributed by atoms with van der Waals surface area (Å²) in [5.41, 5.74) is 1.29. The summed E-state index contributed by atoms with van der Waals surface area (Å²) >= 11 is 0. The van der Waals surface area contributed by atoms with E-state index in [0.29, 0.717) is 12.1 Å². The summed E-state index contributed by atoms with van der Waals surface area (Å²) in [6.45, 7) is 4.57. The molecular formula is C15H24N2. The molecule has 0 aromatic carbocycles. The molecule has 2 rings (SSSR count). The molecule has 1 unspecified atom stereocenters. The molecule has 0 radical (unpaired) electrons. The number of aromatic nitrogens is 1. The first-order valence-electron chi connectivity index (χ1n) is 6.93. The Labute approximate surface area is 105 Å². The van der Waals surface area contributed by atoms with Gasteiger partial charge in [0.05, 0.1) is 0 Å². The number of rotatable bonds is 4. The lowest BCUT2D eigenvalue weighted by Crippen LogP contribution is -2.36. The van der Waals surface area contributed by atoms with Gasteiger partial charge in [0.1, 0.15) is 0 Å². The van der Waals surface area contributed by atoms with Gasteiger partial charge in [-0.05, 0) is 44.2 Å². The second kappa shape index (κ2) is 6.15. The van der Waals surface area contributed by atoms with Crippen LogP contribution in [0.5, 0.6) is 0 Å². The molecule has 0 spiro atoms. The van der Waals surface area contributed by atoms with E-state index in [2.05, 4.69) is 30.2 Å². The fraction of sp³-hybridized carbons (Fsp3) is 0.667. The topological polar surface area (TPSA) is 24.9 Å². The van der Waals surface area contributed by atoms with Gasteiger partial charge >= 0.3 is 0 Å². The van der Waals surface area contributed by atoms with E-state index in [9.17, 15) is 0 Å². The van der Waals surface area contributed by atoms with Crippen LogP contribution in [0.4, 0.5) is 0 Å². The third-order valence-corrected chi connectivity index (χ3v) is 4.05. The molecular weight excluding hydrogens is 208 g/mol. The lowest BCUT2D eigenvalue weighted by molar-refractivity contribution is 0.268. The molecule has 0 amide bonds. The van der Waals surface area contributed by atoms with Gasteiger partial charge in [0.25, 0.3) is 0 Å². The first-order valence-corrected chi connectivity index (χ1v) is 6.93. The number of hydrogen-bond donors (Lipinski definition) is 1. The highest BCUT2D eigenvalue weighted by molar-refractivity contribution is 5.13. The van der Waals surface area contributed by atoms with E-state index in [-0.39, 0.29) is 0 Å². The van der Waals surface area contributed by atoms with Crippen molar-refractivity contribution in [1.82, 2.24) is 10.3 Å². The average molecular weight is 232 g/mol. The number of pyridine rings is 1. The van der Waals surface area contributed by atoms with Crippen LogP contribution in [0, 0.1) is 5.92 Å². The van der Waals surface area contributed by atoms with E-state index >= 15 is 0 Å². The molecule has 0 bridgehead atoms. The van der Waals surface area contributed by atoms with E-state index in [1.165, 1.54) is 37.7 Å². The number of nitrogens with one attached hydrogen (secondary N) is 1. The molecule has 94 valence electrons. The Hall–Kier alpha value is -0.890. The van der Waals surface area contributed by atoms with Crippen LogP contribution in [0.2, 0.25) is 0 Å². The van der Waals surface area contributed by atoms with Crippen molar-refractivity contribution < 1.29 is 0 Å². The highest BCUT2D eigenvalue weighted by Crippen LogP contribution is 2.27. The van der Waals surface area contributed by atoms with Crippen molar-refractivity contribution in [3.05, 3.63) is 30.1 Å². The predicted octanol–water partition coefficient (Wildman–Crippen LogP) is 3.70. The third-order valence-electron chi connectivity index (χ3n) is 4.05. The minimum Gasteiger partial charge on any atom is -0.307 e. The van der Waals surface area contributed by atoms with Gasteiger partial charge in [-0.3, -0.25) is 4.98 Å². The molecule has 1 aromatic heterocycles. The zero-order chi connectivity index (χ0) is 12.1. The molecule has 1 aliphatic carbocycles. The maximum atomic E-state index is 4.19. The van der Waals surface area contributed by atoms with Crippen molar-refractivity contribution in [2.75, 3.05) is 0 Å². The lowest BCUT2D eigenvalue weighted by Gasteiger charge is -2.30. The van der Waals surface area contributed by atoms with Gasteiger partial charge in [-0.25, -0.2) is 0 Å². The summed E-state index contributed by atoms with van der Waals surface area (Å²) in [5.74, 6) is 0.864. The molecule has 2 heteroatoms. The predicted molar refractivity (Wildman–Crippen MR) is 71.8 cm³/mol. The van der Waals surface area contributed by atoms with Gasteiger partial charge in [-0.2, -0.15) is 0 Å². The van der Waals surface area contributed by atoms with Crippen molar-refractivity contribution >= 4 is 0 Å². The maximum absolute atomic E-state index is 4.19. The van der Waals surface area contributed by atoms with Crippen molar-refractivity contribution in [1.29, 1.82) is 0 Å². The molecule has 17 heavy (non-hydrogen) atoms. The van der Waals surface area contributed by atoms with Gasteiger partial charge in [0, 0.05) is 24.5 Å². The highest BCUT2D eigenvalue weighted by atomic mass is 14.9. The molecule has 1 heterocycles. The molecule has 1 fully saturated rings. The van der Waals surface area contributed by atoms with Crippen molar-refractivity contribution in [3.63, 3.8) is 0 Å². The number of nitrogens with zero attached hydrogens (tertiary/aromatic N) is 1. The van der Waals surface area contributed by atoms with Gasteiger partial charge in [0.15, 0.2) is 0 Å². The summed E-state index contributed by atoms with van der Waals surface area (Å²) in [4.78, 5) is 4.19. The zero-order valence-electron chi connectivity index (χ0n) is 11.0. The molecule has 2 nitrogen and oxygen atoms in total. The van der Waals surface area contributed by atoms with Crippen LogP contribution in [-0.2, 0) is 0 Å². The third kappa shape index (κ3) is 3.53. The second-order valence-corrected chi connectivity index (χ2v) is 5.36. The van der Waals surface area contributed by atoms with Crippen LogP contribution in [0.3, 0.4) is 0 Å². The lowest BCUT2D eigenvalue weighted by atomic mass is 9.84. The minimum atomic E-state index is 0.403. The van der Waals surface area contributed by atoms with Crippen molar-refractivity contribution in [2.24, 2.45) is 5.92 Å². The van der Waals surface area contributed by atoms with E-state index in [1.54, 1.807) is 0 Å². The summed E-state index contributed by atoms with van der Waals surface area (Å²) < 4.78 is 0. The van der Waals surface area contributed by atoms with Crippen LogP contribution in [-0.4, -0.2) is 11.0 Å².